The van der Waals surface area contributed by atoms with Gasteiger partial charge in [-0.3, -0.25) is 0 Å². The maximum absolute atomic E-state index is 5.80. The molecule has 1 aliphatic heterocycles. The summed E-state index contributed by atoms with van der Waals surface area (Å²) in [4.78, 5) is 9.41. The molecule has 136 valence electrons. The topological polar surface area (TPSA) is 62.7 Å². The van der Waals surface area contributed by atoms with Gasteiger partial charge in [0.25, 0.3) is 0 Å². The Balaban J connectivity index is 1.75. The first kappa shape index (κ1) is 17.0. The summed E-state index contributed by atoms with van der Waals surface area (Å²) in [6.07, 6.45) is 3.75. The number of benzene rings is 1. The Bertz CT molecular complexity index is 931. The molecule has 1 atom stereocenters. The van der Waals surface area contributed by atoms with E-state index in [0.717, 1.165) is 36.4 Å². The summed E-state index contributed by atoms with van der Waals surface area (Å²) in [5, 5.41) is 4.43. The third-order valence-corrected chi connectivity index (χ3v) is 5.39. The van der Waals surface area contributed by atoms with E-state index in [0.29, 0.717) is 12.6 Å². The predicted molar refractivity (Wildman–Crippen MR) is 105 cm³/mol. The van der Waals surface area contributed by atoms with E-state index in [-0.39, 0.29) is 0 Å². The summed E-state index contributed by atoms with van der Waals surface area (Å²) in [6.45, 7) is 8.11. The molecule has 4 rings (SSSR count). The number of rotatable bonds is 3. The van der Waals surface area contributed by atoms with Gasteiger partial charge in [0.2, 0.25) is 0 Å². The van der Waals surface area contributed by atoms with Gasteiger partial charge in [0.15, 0.2) is 0 Å². The lowest BCUT2D eigenvalue weighted by atomic mass is 10.0. The summed E-state index contributed by atoms with van der Waals surface area (Å²) in [7, 11) is 2.18. The molecule has 0 amide bonds. The molecule has 1 aromatic carbocycles. The number of aromatic nitrogens is 3. The van der Waals surface area contributed by atoms with Crippen LogP contribution >= 0.6 is 0 Å². The monoisotopic (exact) mass is 350 g/mol. The van der Waals surface area contributed by atoms with E-state index >= 15 is 0 Å². The van der Waals surface area contributed by atoms with Gasteiger partial charge < -0.3 is 15.5 Å². The van der Waals surface area contributed by atoms with Crippen LogP contribution in [0.3, 0.4) is 0 Å². The van der Waals surface area contributed by atoms with Crippen molar-refractivity contribution in [2.75, 3.05) is 31.6 Å². The van der Waals surface area contributed by atoms with Crippen molar-refractivity contribution in [3.05, 3.63) is 47.9 Å². The van der Waals surface area contributed by atoms with Crippen LogP contribution in [0.15, 0.2) is 36.8 Å². The lowest BCUT2D eigenvalue weighted by Crippen LogP contribution is -2.50. The van der Waals surface area contributed by atoms with Crippen molar-refractivity contribution in [1.29, 1.82) is 0 Å². The van der Waals surface area contributed by atoms with Gasteiger partial charge in [0.05, 0.1) is 23.1 Å². The third kappa shape index (κ3) is 2.95. The number of hydrogen-bond donors (Lipinski definition) is 1. The predicted octanol–water partition coefficient (Wildman–Crippen LogP) is 2.30. The molecule has 0 aliphatic carbocycles. The molecule has 0 spiro atoms. The first-order valence-electron chi connectivity index (χ1n) is 9.15. The highest BCUT2D eigenvalue weighted by molar-refractivity contribution is 5.80. The zero-order valence-electron chi connectivity index (χ0n) is 15.7. The lowest BCUT2D eigenvalue weighted by Gasteiger charge is -2.39. The molecule has 3 aromatic rings. The molecule has 2 aromatic heterocycles. The maximum Gasteiger partial charge on any atom is 0.137 e. The molecule has 0 radical (unpaired) electrons. The average Bonchev–Trinajstić information content (AvgIpc) is 3.05. The maximum atomic E-state index is 5.80. The Kier molecular flexibility index (Phi) is 4.38. The van der Waals surface area contributed by atoms with Gasteiger partial charge in [-0.2, -0.15) is 5.10 Å². The van der Waals surface area contributed by atoms with E-state index < -0.39 is 0 Å². The van der Waals surface area contributed by atoms with Gasteiger partial charge in [0, 0.05) is 37.8 Å². The minimum atomic E-state index is 0.480. The molecule has 2 N–H and O–H groups in total. The molecule has 0 bridgehead atoms. The van der Waals surface area contributed by atoms with Crippen LogP contribution in [0.2, 0.25) is 0 Å². The first-order chi connectivity index (χ1) is 12.6. The molecule has 0 saturated carbocycles. The SMILES string of the molecule is Cc1cc(-c2ncnn3cc(N4CCN(C)CC4C)cc23)ccc1CN. The van der Waals surface area contributed by atoms with Crippen molar-refractivity contribution in [2.24, 2.45) is 5.73 Å². The summed E-state index contributed by atoms with van der Waals surface area (Å²) in [6, 6.07) is 9.05. The minimum Gasteiger partial charge on any atom is -0.365 e. The van der Waals surface area contributed by atoms with E-state index in [2.05, 4.69) is 71.2 Å². The molecule has 26 heavy (non-hydrogen) atoms. The summed E-state index contributed by atoms with van der Waals surface area (Å²) < 4.78 is 1.94. The Morgan fingerprint density at radius 3 is 2.81 bits per heavy atom. The van der Waals surface area contributed by atoms with Crippen molar-refractivity contribution in [1.82, 2.24) is 19.5 Å². The summed E-state index contributed by atoms with van der Waals surface area (Å²) in [5.41, 5.74) is 12.5. The van der Waals surface area contributed by atoms with Crippen LogP contribution in [0.4, 0.5) is 5.69 Å². The fraction of sp³-hybridized carbons (Fsp3) is 0.400. The van der Waals surface area contributed by atoms with E-state index in [1.54, 1.807) is 6.33 Å². The summed E-state index contributed by atoms with van der Waals surface area (Å²) in [5.74, 6) is 0. The van der Waals surface area contributed by atoms with Crippen molar-refractivity contribution in [3.8, 4) is 11.3 Å². The third-order valence-electron chi connectivity index (χ3n) is 5.39. The number of hydrogen-bond acceptors (Lipinski definition) is 5. The van der Waals surface area contributed by atoms with Gasteiger partial charge in [-0.15, -0.1) is 0 Å². The molecule has 1 aliphatic rings. The van der Waals surface area contributed by atoms with Gasteiger partial charge in [-0.1, -0.05) is 12.1 Å². The van der Waals surface area contributed by atoms with E-state index in [1.165, 1.54) is 16.8 Å². The fourth-order valence-electron chi connectivity index (χ4n) is 3.89. The number of nitrogens with zero attached hydrogens (tertiary/aromatic N) is 5. The second-order valence-corrected chi connectivity index (χ2v) is 7.29. The normalized spacial score (nSPS) is 18.6. The van der Waals surface area contributed by atoms with Crippen molar-refractivity contribution < 1.29 is 0 Å². The van der Waals surface area contributed by atoms with Gasteiger partial charge >= 0.3 is 0 Å². The van der Waals surface area contributed by atoms with Crippen LogP contribution in [0.1, 0.15) is 18.1 Å². The highest BCUT2D eigenvalue weighted by atomic mass is 15.3. The molecule has 1 unspecified atom stereocenters. The number of nitrogens with two attached hydrogens (primary N) is 1. The fourth-order valence-corrected chi connectivity index (χ4v) is 3.89. The highest BCUT2D eigenvalue weighted by Gasteiger charge is 2.23. The van der Waals surface area contributed by atoms with E-state index in [9.17, 15) is 0 Å². The van der Waals surface area contributed by atoms with Gasteiger partial charge in [-0.05, 0) is 44.2 Å². The number of likely N-dealkylation sites (N-methyl/N-ethyl adjacent to an activating group) is 1. The van der Waals surface area contributed by atoms with E-state index in [4.69, 9.17) is 5.73 Å². The Hall–Kier alpha value is -2.44. The number of fused-ring (bicyclic) bond motifs is 1. The Morgan fingerprint density at radius 2 is 2.08 bits per heavy atom. The molecule has 6 nitrogen and oxygen atoms in total. The quantitative estimate of drug-likeness (QED) is 0.785. The van der Waals surface area contributed by atoms with Crippen LogP contribution in [0, 0.1) is 6.92 Å². The molecule has 6 heteroatoms. The molecule has 1 saturated heterocycles. The van der Waals surface area contributed by atoms with Crippen LogP contribution in [-0.4, -0.2) is 52.2 Å². The van der Waals surface area contributed by atoms with Crippen LogP contribution in [-0.2, 0) is 6.54 Å². The Morgan fingerprint density at radius 1 is 1.23 bits per heavy atom. The zero-order chi connectivity index (χ0) is 18.3. The number of piperazine rings is 1. The van der Waals surface area contributed by atoms with Crippen LogP contribution in [0.5, 0.6) is 0 Å². The molecule has 3 heterocycles. The molecular formula is C20H26N6. The molecule has 1 fully saturated rings. The largest absolute Gasteiger partial charge is 0.365 e. The van der Waals surface area contributed by atoms with Crippen molar-refractivity contribution in [3.63, 3.8) is 0 Å². The van der Waals surface area contributed by atoms with Crippen LogP contribution in [0.25, 0.3) is 16.8 Å². The molecular weight excluding hydrogens is 324 g/mol. The van der Waals surface area contributed by atoms with Gasteiger partial charge in [0.1, 0.15) is 6.33 Å². The highest BCUT2D eigenvalue weighted by Crippen LogP contribution is 2.29. The second kappa shape index (κ2) is 6.70. The van der Waals surface area contributed by atoms with Gasteiger partial charge in [-0.25, -0.2) is 9.50 Å². The number of aryl methyl sites for hydroxylation is 1. The summed E-state index contributed by atoms with van der Waals surface area (Å²) >= 11 is 0. The standard InChI is InChI=1S/C20H26N6/c1-14-8-16(4-5-17(14)10-21)20-19-9-18(12-26(19)23-13-22-20)25-7-6-24(3)11-15(25)2/h4-5,8-9,12-13,15H,6-7,10-11,21H2,1-3H3. The minimum absolute atomic E-state index is 0.480. The zero-order valence-corrected chi connectivity index (χ0v) is 15.7. The first-order valence-corrected chi connectivity index (χ1v) is 9.15. The van der Waals surface area contributed by atoms with Crippen molar-refractivity contribution in [2.45, 2.75) is 26.4 Å². The number of anilines is 1. The van der Waals surface area contributed by atoms with E-state index in [1.807, 2.05) is 4.52 Å². The Labute approximate surface area is 154 Å². The van der Waals surface area contributed by atoms with Crippen LogP contribution < -0.4 is 10.6 Å². The lowest BCUT2D eigenvalue weighted by molar-refractivity contribution is 0.275. The average molecular weight is 350 g/mol. The van der Waals surface area contributed by atoms with Crippen molar-refractivity contribution >= 4 is 11.2 Å². The smallest absolute Gasteiger partial charge is 0.137 e. The second-order valence-electron chi connectivity index (χ2n) is 7.29.